The normalized spacial score (nSPS) is 15.3. The van der Waals surface area contributed by atoms with Gasteiger partial charge in [0.05, 0.1) is 6.42 Å². The van der Waals surface area contributed by atoms with Gasteiger partial charge in [-0.25, -0.2) is 0 Å². The largest absolute Gasteiger partial charge is 0.371 e. The molecule has 1 amide bonds. The summed E-state index contributed by atoms with van der Waals surface area (Å²) in [6.07, 6.45) is 2.38. The van der Waals surface area contributed by atoms with Crippen LogP contribution in [-0.2, 0) is 11.2 Å². The number of hydrogen-bond donors (Lipinski definition) is 1. The third-order valence-corrected chi connectivity index (χ3v) is 4.76. The van der Waals surface area contributed by atoms with E-state index in [0.717, 1.165) is 31.5 Å². The molecule has 1 aliphatic rings. The quantitative estimate of drug-likeness (QED) is 0.911. The first-order chi connectivity index (χ1) is 11.6. The standard InChI is InChI=1S/C20H23ClN2O/c1-15-3-2-4-19(13-15)23-11-9-18(10-12-23)22-20(24)14-16-5-7-17(21)8-6-16/h2-8,13,18H,9-12,14H2,1H3,(H,22,24). The van der Waals surface area contributed by atoms with Crippen LogP contribution in [-0.4, -0.2) is 25.0 Å². The maximum atomic E-state index is 12.2. The lowest BCUT2D eigenvalue weighted by atomic mass is 10.0. The van der Waals surface area contributed by atoms with Crippen LogP contribution in [0.2, 0.25) is 5.02 Å². The Kier molecular flexibility index (Phi) is 5.41. The second kappa shape index (κ2) is 7.71. The third kappa shape index (κ3) is 4.51. The van der Waals surface area contributed by atoms with Crippen LogP contribution in [0.15, 0.2) is 48.5 Å². The van der Waals surface area contributed by atoms with E-state index < -0.39 is 0 Å². The smallest absolute Gasteiger partial charge is 0.224 e. The molecule has 2 aromatic carbocycles. The molecule has 0 aliphatic carbocycles. The summed E-state index contributed by atoms with van der Waals surface area (Å²) in [5, 5.41) is 3.86. The number of aryl methyl sites for hydroxylation is 1. The van der Waals surface area contributed by atoms with Crippen LogP contribution in [0.1, 0.15) is 24.0 Å². The van der Waals surface area contributed by atoms with E-state index in [0.29, 0.717) is 11.4 Å². The van der Waals surface area contributed by atoms with E-state index in [-0.39, 0.29) is 11.9 Å². The zero-order valence-electron chi connectivity index (χ0n) is 14.0. The minimum absolute atomic E-state index is 0.0892. The minimum Gasteiger partial charge on any atom is -0.371 e. The number of carbonyl (C=O) groups is 1. The van der Waals surface area contributed by atoms with E-state index in [1.807, 2.05) is 24.3 Å². The van der Waals surface area contributed by atoms with Gasteiger partial charge < -0.3 is 10.2 Å². The summed E-state index contributed by atoms with van der Waals surface area (Å²) in [6.45, 7) is 4.08. The molecule has 1 N–H and O–H groups in total. The Labute approximate surface area is 148 Å². The van der Waals surface area contributed by atoms with Crippen LogP contribution >= 0.6 is 11.6 Å². The number of anilines is 1. The van der Waals surface area contributed by atoms with Gasteiger partial charge >= 0.3 is 0 Å². The summed E-state index contributed by atoms with van der Waals surface area (Å²) in [7, 11) is 0. The molecule has 0 radical (unpaired) electrons. The van der Waals surface area contributed by atoms with Crippen molar-refractivity contribution < 1.29 is 4.79 Å². The van der Waals surface area contributed by atoms with E-state index >= 15 is 0 Å². The summed E-state index contributed by atoms with van der Waals surface area (Å²) in [5.41, 5.74) is 3.56. The van der Waals surface area contributed by atoms with Gasteiger partial charge in [0.1, 0.15) is 0 Å². The van der Waals surface area contributed by atoms with Crippen LogP contribution < -0.4 is 10.2 Å². The number of benzene rings is 2. The fourth-order valence-corrected chi connectivity index (χ4v) is 3.30. The van der Waals surface area contributed by atoms with Gasteiger partial charge in [-0.1, -0.05) is 35.9 Å². The highest BCUT2D eigenvalue weighted by molar-refractivity contribution is 6.30. The van der Waals surface area contributed by atoms with Crippen molar-refractivity contribution >= 4 is 23.2 Å². The summed E-state index contributed by atoms with van der Waals surface area (Å²) < 4.78 is 0. The highest BCUT2D eigenvalue weighted by Crippen LogP contribution is 2.21. The highest BCUT2D eigenvalue weighted by Gasteiger charge is 2.21. The maximum Gasteiger partial charge on any atom is 0.224 e. The van der Waals surface area contributed by atoms with Gasteiger partial charge in [0.25, 0.3) is 0 Å². The van der Waals surface area contributed by atoms with E-state index in [4.69, 9.17) is 11.6 Å². The monoisotopic (exact) mass is 342 g/mol. The lowest BCUT2D eigenvalue weighted by Crippen LogP contribution is -2.45. The maximum absolute atomic E-state index is 12.2. The van der Waals surface area contributed by atoms with Crippen LogP contribution in [0.5, 0.6) is 0 Å². The van der Waals surface area contributed by atoms with Crippen molar-refractivity contribution in [2.24, 2.45) is 0 Å². The first-order valence-electron chi connectivity index (χ1n) is 8.45. The minimum atomic E-state index is 0.0892. The molecule has 24 heavy (non-hydrogen) atoms. The lowest BCUT2D eigenvalue weighted by Gasteiger charge is -2.34. The molecule has 0 unspecified atom stereocenters. The molecule has 0 spiro atoms. The summed E-state index contributed by atoms with van der Waals surface area (Å²) in [6, 6.07) is 16.3. The van der Waals surface area contributed by atoms with Gasteiger partial charge in [-0.15, -0.1) is 0 Å². The fraction of sp³-hybridized carbons (Fsp3) is 0.350. The number of hydrogen-bond acceptors (Lipinski definition) is 2. The summed E-state index contributed by atoms with van der Waals surface area (Å²) in [5.74, 6) is 0.0892. The first-order valence-corrected chi connectivity index (χ1v) is 8.83. The van der Waals surface area contributed by atoms with Crippen molar-refractivity contribution in [3.8, 4) is 0 Å². The fourth-order valence-electron chi connectivity index (χ4n) is 3.17. The molecule has 0 atom stereocenters. The number of nitrogens with one attached hydrogen (secondary N) is 1. The van der Waals surface area contributed by atoms with E-state index in [1.165, 1.54) is 11.3 Å². The molecule has 1 saturated heterocycles. The molecule has 3 rings (SSSR count). The molecule has 0 bridgehead atoms. The van der Waals surface area contributed by atoms with E-state index in [1.54, 1.807) is 0 Å². The molecule has 1 heterocycles. The van der Waals surface area contributed by atoms with Crippen molar-refractivity contribution in [3.05, 3.63) is 64.7 Å². The average Bonchev–Trinajstić information content (AvgIpc) is 2.58. The van der Waals surface area contributed by atoms with Gasteiger partial charge in [-0.2, -0.15) is 0 Å². The van der Waals surface area contributed by atoms with Crippen LogP contribution in [0, 0.1) is 6.92 Å². The van der Waals surface area contributed by atoms with Crippen LogP contribution in [0.4, 0.5) is 5.69 Å². The Morgan fingerprint density at radius 1 is 1.17 bits per heavy atom. The second-order valence-electron chi connectivity index (χ2n) is 6.47. The second-order valence-corrected chi connectivity index (χ2v) is 6.91. The molecule has 126 valence electrons. The lowest BCUT2D eigenvalue weighted by molar-refractivity contribution is -0.121. The van der Waals surface area contributed by atoms with Gasteiger partial charge in [-0.3, -0.25) is 4.79 Å². The molecule has 0 saturated carbocycles. The Balaban J connectivity index is 1.48. The van der Waals surface area contributed by atoms with Crippen molar-refractivity contribution in [1.29, 1.82) is 0 Å². The van der Waals surface area contributed by atoms with Crippen LogP contribution in [0.3, 0.4) is 0 Å². The number of amides is 1. The Hall–Kier alpha value is -2.00. The number of nitrogens with zero attached hydrogens (tertiary/aromatic N) is 1. The number of piperidine rings is 1. The van der Waals surface area contributed by atoms with Gasteiger partial charge in [0.2, 0.25) is 5.91 Å². The van der Waals surface area contributed by atoms with Gasteiger partial charge in [0.15, 0.2) is 0 Å². The molecular weight excluding hydrogens is 320 g/mol. The number of halogens is 1. The van der Waals surface area contributed by atoms with Gasteiger partial charge in [-0.05, 0) is 55.2 Å². The molecule has 3 nitrogen and oxygen atoms in total. The molecule has 4 heteroatoms. The molecule has 2 aromatic rings. The number of rotatable bonds is 4. The van der Waals surface area contributed by atoms with Crippen molar-refractivity contribution in [3.63, 3.8) is 0 Å². The molecule has 0 aromatic heterocycles. The first kappa shape index (κ1) is 16.8. The Morgan fingerprint density at radius 3 is 2.54 bits per heavy atom. The Morgan fingerprint density at radius 2 is 1.88 bits per heavy atom. The SMILES string of the molecule is Cc1cccc(N2CCC(NC(=O)Cc3ccc(Cl)cc3)CC2)c1. The Bertz CT molecular complexity index is 691. The highest BCUT2D eigenvalue weighted by atomic mass is 35.5. The van der Waals surface area contributed by atoms with E-state index in [9.17, 15) is 4.79 Å². The summed E-state index contributed by atoms with van der Waals surface area (Å²) in [4.78, 5) is 14.6. The van der Waals surface area contributed by atoms with Crippen molar-refractivity contribution in [2.45, 2.75) is 32.2 Å². The predicted molar refractivity (Wildman–Crippen MR) is 99.7 cm³/mol. The zero-order chi connectivity index (χ0) is 16.9. The van der Waals surface area contributed by atoms with Crippen molar-refractivity contribution in [2.75, 3.05) is 18.0 Å². The van der Waals surface area contributed by atoms with Crippen LogP contribution in [0.25, 0.3) is 0 Å². The molecular formula is C20H23ClN2O. The van der Waals surface area contributed by atoms with E-state index in [2.05, 4.69) is 41.4 Å². The number of carbonyl (C=O) groups excluding carboxylic acids is 1. The third-order valence-electron chi connectivity index (χ3n) is 4.50. The predicted octanol–water partition coefficient (Wildman–Crippen LogP) is 3.98. The molecule has 1 fully saturated rings. The average molecular weight is 343 g/mol. The molecule has 1 aliphatic heterocycles. The topological polar surface area (TPSA) is 32.3 Å². The van der Waals surface area contributed by atoms with Gasteiger partial charge in [0, 0.05) is 29.8 Å². The summed E-state index contributed by atoms with van der Waals surface area (Å²) >= 11 is 5.87. The zero-order valence-corrected chi connectivity index (χ0v) is 14.7. The van der Waals surface area contributed by atoms with Crippen molar-refractivity contribution in [1.82, 2.24) is 5.32 Å².